The van der Waals surface area contributed by atoms with Crippen molar-refractivity contribution in [2.24, 2.45) is 0 Å². The van der Waals surface area contributed by atoms with Gasteiger partial charge in [-0.15, -0.1) is 5.10 Å². The van der Waals surface area contributed by atoms with Crippen LogP contribution in [0.4, 0.5) is 6.01 Å². The Balaban J connectivity index is 1.37. The van der Waals surface area contributed by atoms with Gasteiger partial charge in [0.1, 0.15) is 0 Å². The third kappa shape index (κ3) is 3.32. The molecule has 1 fully saturated rings. The lowest BCUT2D eigenvalue weighted by Gasteiger charge is -2.17. The van der Waals surface area contributed by atoms with E-state index in [-0.39, 0.29) is 0 Å². The number of anilines is 1. The summed E-state index contributed by atoms with van der Waals surface area (Å²) in [6.07, 6.45) is 8.10. The largest absolute Gasteiger partial charge is 0.408 e. The van der Waals surface area contributed by atoms with E-state index in [9.17, 15) is 0 Å². The summed E-state index contributed by atoms with van der Waals surface area (Å²) in [4.78, 5) is 0. The van der Waals surface area contributed by atoms with Crippen LogP contribution in [0.2, 0.25) is 0 Å². The fraction of sp³-hybridized carbons (Fsp3) is 0.389. The molecule has 1 N–H and O–H groups in total. The van der Waals surface area contributed by atoms with Gasteiger partial charge in [0.25, 0.3) is 0 Å². The van der Waals surface area contributed by atoms with Crippen LogP contribution >= 0.6 is 0 Å². The molecule has 1 aliphatic rings. The summed E-state index contributed by atoms with van der Waals surface area (Å²) in [6, 6.07) is 12.5. The smallest absolute Gasteiger partial charge is 0.315 e. The minimum absolute atomic E-state index is 0.430. The summed E-state index contributed by atoms with van der Waals surface area (Å²) in [5, 5.41) is 16.0. The summed E-state index contributed by atoms with van der Waals surface area (Å²) >= 11 is 0. The number of benzene rings is 1. The minimum atomic E-state index is 0.430. The van der Waals surface area contributed by atoms with Crippen molar-refractivity contribution in [2.45, 2.75) is 44.6 Å². The maximum absolute atomic E-state index is 5.77. The Bertz CT molecular complexity index is 774. The molecule has 0 atom stereocenters. The Hall–Kier alpha value is -2.63. The van der Waals surface area contributed by atoms with Gasteiger partial charge in [-0.1, -0.05) is 42.6 Å². The molecule has 0 bridgehead atoms. The van der Waals surface area contributed by atoms with Gasteiger partial charge >= 0.3 is 6.01 Å². The molecule has 1 saturated carbocycles. The summed E-state index contributed by atoms with van der Waals surface area (Å²) in [5.74, 6) is 1.20. The molecule has 0 unspecified atom stereocenters. The standard InChI is InChI=1S/C18H21N5O/c1-3-7-14(8-4-1)17-20-21-18(24-17)19-13-15-11-12-23(22-15)16-9-5-2-6-10-16/h2,5-6,9-12,14H,1,3-4,7-8,13H2,(H,19,21). The molecule has 0 aliphatic heterocycles. The van der Waals surface area contributed by atoms with Crippen molar-refractivity contribution in [1.82, 2.24) is 20.0 Å². The molecule has 24 heavy (non-hydrogen) atoms. The van der Waals surface area contributed by atoms with Crippen LogP contribution in [-0.2, 0) is 6.54 Å². The molecule has 0 spiro atoms. The van der Waals surface area contributed by atoms with Gasteiger partial charge < -0.3 is 9.73 Å². The third-order valence-corrected chi connectivity index (χ3v) is 4.48. The molecule has 2 aromatic heterocycles. The molecule has 6 heteroatoms. The average molecular weight is 323 g/mol. The predicted octanol–water partition coefficient (Wildman–Crippen LogP) is 3.92. The number of nitrogens with one attached hydrogen (secondary N) is 1. The van der Waals surface area contributed by atoms with Gasteiger partial charge in [0.2, 0.25) is 5.89 Å². The first kappa shape index (κ1) is 14.9. The van der Waals surface area contributed by atoms with Crippen LogP contribution < -0.4 is 5.32 Å². The number of rotatable bonds is 5. The first-order valence-electron chi connectivity index (χ1n) is 8.56. The van der Waals surface area contributed by atoms with Crippen LogP contribution in [0, 0.1) is 0 Å². The first-order chi connectivity index (χ1) is 11.9. The number of para-hydroxylation sites is 1. The van der Waals surface area contributed by atoms with Gasteiger partial charge in [-0.3, -0.25) is 0 Å². The highest BCUT2D eigenvalue weighted by molar-refractivity contribution is 5.31. The second-order valence-electron chi connectivity index (χ2n) is 6.22. The van der Waals surface area contributed by atoms with Crippen LogP contribution in [0.3, 0.4) is 0 Å². The van der Waals surface area contributed by atoms with Crippen molar-refractivity contribution in [3.63, 3.8) is 0 Å². The van der Waals surface area contributed by atoms with E-state index in [1.165, 1.54) is 19.3 Å². The summed E-state index contributed by atoms with van der Waals surface area (Å²) < 4.78 is 7.63. The van der Waals surface area contributed by atoms with Crippen molar-refractivity contribution >= 4 is 6.01 Å². The number of aromatic nitrogens is 4. The highest BCUT2D eigenvalue weighted by atomic mass is 16.4. The second-order valence-corrected chi connectivity index (χ2v) is 6.22. The molecular weight excluding hydrogens is 302 g/mol. The first-order valence-corrected chi connectivity index (χ1v) is 8.56. The van der Waals surface area contributed by atoms with Crippen LogP contribution in [0.25, 0.3) is 5.69 Å². The zero-order valence-corrected chi connectivity index (χ0v) is 13.6. The molecule has 0 radical (unpaired) electrons. The molecule has 2 heterocycles. The van der Waals surface area contributed by atoms with Crippen molar-refractivity contribution < 1.29 is 4.42 Å². The maximum atomic E-state index is 5.77. The van der Waals surface area contributed by atoms with Crippen molar-refractivity contribution in [3.05, 3.63) is 54.2 Å². The highest BCUT2D eigenvalue weighted by Crippen LogP contribution is 2.32. The van der Waals surface area contributed by atoms with Gasteiger partial charge in [0.05, 0.1) is 17.9 Å². The Morgan fingerprint density at radius 2 is 1.88 bits per heavy atom. The maximum Gasteiger partial charge on any atom is 0.315 e. The van der Waals surface area contributed by atoms with E-state index in [0.29, 0.717) is 18.5 Å². The Kier molecular flexibility index (Phi) is 4.27. The van der Waals surface area contributed by atoms with E-state index in [4.69, 9.17) is 4.42 Å². The summed E-state index contributed by atoms with van der Waals surface area (Å²) in [7, 11) is 0. The van der Waals surface area contributed by atoms with E-state index < -0.39 is 0 Å². The fourth-order valence-corrected chi connectivity index (χ4v) is 3.17. The van der Waals surface area contributed by atoms with Gasteiger partial charge in [-0.2, -0.15) is 5.10 Å². The quantitative estimate of drug-likeness (QED) is 0.771. The highest BCUT2D eigenvalue weighted by Gasteiger charge is 2.21. The van der Waals surface area contributed by atoms with Gasteiger partial charge in [0, 0.05) is 12.1 Å². The zero-order valence-electron chi connectivity index (χ0n) is 13.6. The lowest BCUT2D eigenvalue weighted by atomic mass is 9.89. The van der Waals surface area contributed by atoms with Crippen molar-refractivity contribution in [1.29, 1.82) is 0 Å². The second kappa shape index (κ2) is 6.86. The molecular formula is C18H21N5O. The van der Waals surface area contributed by atoms with E-state index in [2.05, 4.69) is 20.6 Å². The molecule has 0 saturated heterocycles. The molecule has 1 aliphatic carbocycles. The van der Waals surface area contributed by atoms with E-state index >= 15 is 0 Å². The number of nitrogens with zero attached hydrogens (tertiary/aromatic N) is 4. The average Bonchev–Trinajstić information content (AvgIpc) is 3.31. The van der Waals surface area contributed by atoms with Gasteiger partial charge in [0.15, 0.2) is 0 Å². The normalized spacial score (nSPS) is 15.5. The molecule has 4 rings (SSSR count). The van der Waals surface area contributed by atoms with Crippen LogP contribution in [0.5, 0.6) is 0 Å². The molecule has 3 aromatic rings. The molecule has 0 amide bonds. The van der Waals surface area contributed by atoms with E-state index in [0.717, 1.165) is 30.1 Å². The van der Waals surface area contributed by atoms with Crippen molar-refractivity contribution in [3.8, 4) is 5.69 Å². The SMILES string of the molecule is c1ccc(-n2ccc(CNc3nnc(C4CCCCC4)o3)n2)cc1. The Morgan fingerprint density at radius 3 is 2.71 bits per heavy atom. The van der Waals surface area contributed by atoms with E-state index in [1.54, 1.807) is 0 Å². The number of hydrogen-bond acceptors (Lipinski definition) is 5. The molecule has 1 aromatic carbocycles. The number of hydrogen-bond donors (Lipinski definition) is 1. The molecule has 6 nitrogen and oxygen atoms in total. The van der Waals surface area contributed by atoms with Crippen molar-refractivity contribution in [2.75, 3.05) is 5.32 Å². The predicted molar refractivity (Wildman–Crippen MR) is 91.0 cm³/mol. The van der Waals surface area contributed by atoms with Crippen LogP contribution in [-0.4, -0.2) is 20.0 Å². The monoisotopic (exact) mass is 323 g/mol. The van der Waals surface area contributed by atoms with E-state index in [1.807, 2.05) is 47.3 Å². The Labute approximate surface area is 140 Å². The summed E-state index contributed by atoms with van der Waals surface area (Å²) in [5.41, 5.74) is 1.97. The third-order valence-electron chi connectivity index (χ3n) is 4.48. The Morgan fingerprint density at radius 1 is 1.04 bits per heavy atom. The van der Waals surface area contributed by atoms with Crippen LogP contribution in [0.15, 0.2) is 47.0 Å². The van der Waals surface area contributed by atoms with Gasteiger partial charge in [-0.05, 0) is 31.0 Å². The summed E-state index contributed by atoms with van der Waals surface area (Å²) in [6.45, 7) is 0.562. The van der Waals surface area contributed by atoms with Crippen LogP contribution in [0.1, 0.15) is 49.6 Å². The lowest BCUT2D eigenvalue weighted by molar-refractivity contribution is 0.367. The lowest BCUT2D eigenvalue weighted by Crippen LogP contribution is -2.04. The fourth-order valence-electron chi connectivity index (χ4n) is 3.17. The van der Waals surface area contributed by atoms with Gasteiger partial charge in [-0.25, -0.2) is 4.68 Å². The minimum Gasteiger partial charge on any atom is -0.408 e. The zero-order chi connectivity index (χ0) is 16.2. The molecule has 124 valence electrons. The topological polar surface area (TPSA) is 68.8 Å².